The van der Waals surface area contributed by atoms with Crippen LogP contribution in [-0.2, 0) is 4.74 Å². The smallest absolute Gasteiger partial charge is 0.0899 e. The van der Waals surface area contributed by atoms with Crippen molar-refractivity contribution in [2.75, 3.05) is 33.9 Å². The van der Waals surface area contributed by atoms with Crippen molar-refractivity contribution < 1.29 is 9.84 Å². The molecule has 1 N–H and O–H groups in total. The summed E-state index contributed by atoms with van der Waals surface area (Å²) >= 11 is 0. The van der Waals surface area contributed by atoms with Crippen molar-refractivity contribution in [2.45, 2.75) is 18.9 Å². The van der Waals surface area contributed by atoms with E-state index < -0.39 is 0 Å². The van der Waals surface area contributed by atoms with Gasteiger partial charge in [0, 0.05) is 13.7 Å². The van der Waals surface area contributed by atoms with Gasteiger partial charge in [0.25, 0.3) is 0 Å². The minimum Gasteiger partial charge on any atom is -0.389 e. The summed E-state index contributed by atoms with van der Waals surface area (Å²) in [6.45, 7) is 5.73. The Kier molecular flexibility index (Phi) is 7.99. The van der Waals surface area contributed by atoms with Crippen molar-refractivity contribution in [1.82, 2.24) is 4.90 Å². The van der Waals surface area contributed by atoms with Crippen molar-refractivity contribution in [3.63, 3.8) is 0 Å². The van der Waals surface area contributed by atoms with Gasteiger partial charge in [-0.2, -0.15) is 0 Å². The van der Waals surface area contributed by atoms with E-state index in [1.54, 1.807) is 7.11 Å². The van der Waals surface area contributed by atoms with Crippen LogP contribution < -0.4 is 0 Å². The predicted octanol–water partition coefficient (Wildman–Crippen LogP) is 0.892. The minimum absolute atomic E-state index is 0.376. The topological polar surface area (TPSA) is 32.7 Å². The fourth-order valence-corrected chi connectivity index (χ4v) is 1.20. The molecule has 0 aliphatic heterocycles. The van der Waals surface area contributed by atoms with Crippen LogP contribution in [0, 0.1) is 0 Å². The van der Waals surface area contributed by atoms with E-state index in [4.69, 9.17) is 4.74 Å². The highest BCUT2D eigenvalue weighted by Gasteiger charge is 2.06. The lowest BCUT2D eigenvalue weighted by Gasteiger charge is -2.19. The normalized spacial score (nSPS) is 13.2. The first-order valence-electron chi connectivity index (χ1n) is 4.67. The number of rotatable bonds is 8. The number of ether oxygens (including phenoxy) is 1. The van der Waals surface area contributed by atoms with E-state index in [-0.39, 0.29) is 6.10 Å². The zero-order chi connectivity index (χ0) is 10.1. The maximum atomic E-state index is 9.39. The monoisotopic (exact) mass is 187 g/mol. The molecule has 0 aromatic carbocycles. The molecule has 1 unspecified atom stereocenters. The van der Waals surface area contributed by atoms with Gasteiger partial charge in [-0.15, -0.1) is 6.58 Å². The molecule has 0 amide bonds. The van der Waals surface area contributed by atoms with Crippen LogP contribution in [-0.4, -0.2) is 50.0 Å². The van der Waals surface area contributed by atoms with Crippen LogP contribution in [0.15, 0.2) is 12.7 Å². The summed E-state index contributed by atoms with van der Waals surface area (Å²) in [5.74, 6) is 0. The van der Waals surface area contributed by atoms with E-state index in [9.17, 15) is 5.11 Å². The zero-order valence-electron chi connectivity index (χ0n) is 8.70. The van der Waals surface area contributed by atoms with Gasteiger partial charge >= 0.3 is 0 Å². The highest BCUT2D eigenvalue weighted by Crippen LogP contribution is 1.95. The number of allylic oxidation sites excluding steroid dienone is 1. The van der Waals surface area contributed by atoms with Gasteiger partial charge < -0.3 is 14.7 Å². The molecule has 0 rings (SSSR count). The van der Waals surface area contributed by atoms with Gasteiger partial charge in [-0.25, -0.2) is 0 Å². The number of methoxy groups -OCH3 is 1. The van der Waals surface area contributed by atoms with Gasteiger partial charge in [0.2, 0.25) is 0 Å². The molecule has 0 spiro atoms. The van der Waals surface area contributed by atoms with Crippen molar-refractivity contribution in [3.8, 4) is 0 Å². The molecule has 0 bridgehead atoms. The SMILES string of the molecule is C=CCCCN(C)CC(O)COC. The standard InChI is InChI=1S/C10H21NO2/c1-4-5-6-7-11(2)8-10(12)9-13-3/h4,10,12H,1,5-9H2,2-3H3. The maximum absolute atomic E-state index is 9.39. The second-order valence-electron chi connectivity index (χ2n) is 3.30. The van der Waals surface area contributed by atoms with Crippen LogP contribution >= 0.6 is 0 Å². The summed E-state index contributed by atoms with van der Waals surface area (Å²) in [5, 5.41) is 9.39. The predicted molar refractivity (Wildman–Crippen MR) is 54.8 cm³/mol. The van der Waals surface area contributed by atoms with Gasteiger partial charge in [0.15, 0.2) is 0 Å². The molecule has 3 nitrogen and oxygen atoms in total. The first-order chi connectivity index (χ1) is 6.20. The summed E-state index contributed by atoms with van der Waals surface area (Å²) in [5.41, 5.74) is 0. The second kappa shape index (κ2) is 8.23. The second-order valence-corrected chi connectivity index (χ2v) is 3.30. The third-order valence-corrected chi connectivity index (χ3v) is 1.83. The molecule has 0 aliphatic carbocycles. The molecular formula is C10H21NO2. The van der Waals surface area contributed by atoms with Crippen molar-refractivity contribution in [1.29, 1.82) is 0 Å². The van der Waals surface area contributed by atoms with Crippen LogP contribution in [0.4, 0.5) is 0 Å². The quantitative estimate of drug-likeness (QED) is 0.452. The number of hydrogen-bond donors (Lipinski definition) is 1. The molecule has 0 radical (unpaired) electrons. The van der Waals surface area contributed by atoms with Crippen molar-refractivity contribution in [2.24, 2.45) is 0 Å². The number of hydrogen-bond acceptors (Lipinski definition) is 3. The van der Waals surface area contributed by atoms with Crippen LogP contribution in [0.2, 0.25) is 0 Å². The highest BCUT2D eigenvalue weighted by atomic mass is 16.5. The van der Waals surface area contributed by atoms with Crippen LogP contribution in [0.25, 0.3) is 0 Å². The van der Waals surface area contributed by atoms with Gasteiger partial charge in [0.1, 0.15) is 0 Å². The van der Waals surface area contributed by atoms with Crippen molar-refractivity contribution in [3.05, 3.63) is 12.7 Å². The van der Waals surface area contributed by atoms with E-state index >= 15 is 0 Å². The summed E-state index contributed by atoms with van der Waals surface area (Å²) in [6.07, 6.45) is 3.67. The Morgan fingerprint density at radius 3 is 2.85 bits per heavy atom. The third-order valence-electron chi connectivity index (χ3n) is 1.83. The Morgan fingerprint density at radius 1 is 1.62 bits per heavy atom. The number of likely N-dealkylation sites (N-methyl/N-ethyl adjacent to an activating group) is 1. The molecular weight excluding hydrogens is 166 g/mol. The molecule has 0 aromatic rings. The van der Waals surface area contributed by atoms with Crippen LogP contribution in [0.5, 0.6) is 0 Å². The Morgan fingerprint density at radius 2 is 2.31 bits per heavy atom. The van der Waals surface area contributed by atoms with E-state index in [2.05, 4.69) is 11.5 Å². The lowest BCUT2D eigenvalue weighted by atomic mass is 10.3. The molecule has 3 heteroatoms. The van der Waals surface area contributed by atoms with Crippen LogP contribution in [0.1, 0.15) is 12.8 Å². The molecule has 0 heterocycles. The number of unbranched alkanes of at least 4 members (excludes halogenated alkanes) is 1. The number of nitrogens with zero attached hydrogens (tertiary/aromatic N) is 1. The molecule has 1 atom stereocenters. The van der Waals surface area contributed by atoms with E-state index in [0.717, 1.165) is 19.4 Å². The Labute approximate surface area is 81.0 Å². The largest absolute Gasteiger partial charge is 0.389 e. The molecule has 13 heavy (non-hydrogen) atoms. The zero-order valence-corrected chi connectivity index (χ0v) is 8.70. The lowest BCUT2D eigenvalue weighted by molar-refractivity contribution is 0.0432. The fraction of sp³-hybridized carbons (Fsp3) is 0.800. The average molecular weight is 187 g/mol. The first kappa shape index (κ1) is 12.6. The van der Waals surface area contributed by atoms with Crippen molar-refractivity contribution >= 4 is 0 Å². The summed E-state index contributed by atoms with van der Waals surface area (Å²) in [7, 11) is 3.60. The molecule has 0 fully saturated rings. The van der Waals surface area contributed by atoms with Crippen LogP contribution in [0.3, 0.4) is 0 Å². The third kappa shape index (κ3) is 7.96. The average Bonchev–Trinajstić information content (AvgIpc) is 2.05. The Hall–Kier alpha value is -0.380. The molecule has 0 saturated heterocycles. The summed E-state index contributed by atoms with van der Waals surface area (Å²) < 4.78 is 4.84. The maximum Gasteiger partial charge on any atom is 0.0899 e. The number of aliphatic hydroxyl groups excluding tert-OH is 1. The van der Waals surface area contributed by atoms with Gasteiger partial charge in [-0.1, -0.05) is 6.08 Å². The van der Waals surface area contributed by atoms with E-state index in [1.165, 1.54) is 0 Å². The first-order valence-corrected chi connectivity index (χ1v) is 4.67. The summed E-state index contributed by atoms with van der Waals surface area (Å²) in [6, 6.07) is 0. The number of aliphatic hydroxyl groups is 1. The van der Waals surface area contributed by atoms with E-state index in [0.29, 0.717) is 13.2 Å². The highest BCUT2D eigenvalue weighted by molar-refractivity contribution is 4.67. The molecule has 0 aromatic heterocycles. The molecule has 0 saturated carbocycles. The minimum atomic E-state index is -0.376. The van der Waals surface area contributed by atoms with Gasteiger partial charge in [0.05, 0.1) is 12.7 Å². The Balaban J connectivity index is 3.37. The molecule has 78 valence electrons. The Bertz CT molecular complexity index is 128. The van der Waals surface area contributed by atoms with E-state index in [1.807, 2.05) is 13.1 Å². The lowest BCUT2D eigenvalue weighted by Crippen LogP contribution is -2.32. The molecule has 0 aliphatic rings. The van der Waals surface area contributed by atoms with Gasteiger partial charge in [-0.3, -0.25) is 0 Å². The summed E-state index contributed by atoms with van der Waals surface area (Å²) in [4.78, 5) is 2.10. The fourth-order valence-electron chi connectivity index (χ4n) is 1.20. The van der Waals surface area contributed by atoms with Gasteiger partial charge in [-0.05, 0) is 26.4 Å².